The fourth-order valence-corrected chi connectivity index (χ4v) is 5.14. The van der Waals surface area contributed by atoms with Crippen LogP contribution in [0.15, 0.2) is 48.5 Å². The average molecular weight is 407 g/mol. The van der Waals surface area contributed by atoms with Crippen molar-refractivity contribution in [3.63, 3.8) is 0 Å². The molecule has 1 N–H and O–H groups in total. The molecule has 0 aromatic heterocycles. The number of nitrogens with zero attached hydrogens (tertiary/aromatic N) is 1. The molecule has 1 aliphatic rings. The minimum absolute atomic E-state index is 0.0670. The number of benzene rings is 2. The molecule has 1 heterocycles. The molecule has 0 bridgehead atoms. The molecule has 3 rings (SSSR count). The minimum Gasteiger partial charge on any atom is -0.497 e. The van der Waals surface area contributed by atoms with Crippen LogP contribution in [0.25, 0.3) is 0 Å². The lowest BCUT2D eigenvalue weighted by Crippen LogP contribution is -2.40. The Labute approximate surface area is 166 Å². The van der Waals surface area contributed by atoms with E-state index in [4.69, 9.17) is 14.3 Å². The summed E-state index contributed by atoms with van der Waals surface area (Å²) in [6.07, 6.45) is 0. The van der Waals surface area contributed by atoms with Crippen molar-refractivity contribution < 1.29 is 22.7 Å². The first-order valence-corrected chi connectivity index (χ1v) is 10.5. The quantitative estimate of drug-likeness (QED) is 0.762. The molecule has 7 nitrogen and oxygen atoms in total. The lowest BCUT2D eigenvalue weighted by molar-refractivity contribution is -0.110. The summed E-state index contributed by atoms with van der Waals surface area (Å²) in [5.41, 5.74) is 1.65. The molecule has 0 amide bonds. The first kappa shape index (κ1) is 20.6. The number of ether oxygens (including phenoxy) is 2. The van der Waals surface area contributed by atoms with Gasteiger partial charge in [0.1, 0.15) is 16.7 Å². The standard InChI is InChI=1S/C20H26N2O5S/c1-14(15-8-6-5-7-9-15)21-28(23,24)19-13-27-22(2)20(19)16-10-17(25-3)12-18(11-16)26-4/h5-12,14,19-21H,13H2,1-4H3/t14-,19+,20-/m1/s1. The van der Waals surface area contributed by atoms with Crippen LogP contribution in [0.1, 0.15) is 30.1 Å². The third-order valence-corrected chi connectivity index (χ3v) is 6.81. The lowest BCUT2D eigenvalue weighted by atomic mass is 10.0. The lowest BCUT2D eigenvalue weighted by Gasteiger charge is -2.25. The van der Waals surface area contributed by atoms with Gasteiger partial charge in [-0.15, -0.1) is 0 Å². The van der Waals surface area contributed by atoms with Crippen molar-refractivity contribution in [3.05, 3.63) is 59.7 Å². The second-order valence-electron chi connectivity index (χ2n) is 6.77. The van der Waals surface area contributed by atoms with Gasteiger partial charge in [0.25, 0.3) is 0 Å². The average Bonchev–Trinajstić information content (AvgIpc) is 3.10. The number of hydrogen-bond donors (Lipinski definition) is 1. The van der Waals surface area contributed by atoms with Crippen LogP contribution in [0.2, 0.25) is 0 Å². The monoisotopic (exact) mass is 406 g/mol. The van der Waals surface area contributed by atoms with Crippen molar-refractivity contribution >= 4 is 10.0 Å². The van der Waals surface area contributed by atoms with Gasteiger partial charge in [-0.05, 0) is 30.2 Å². The third-order valence-electron chi connectivity index (χ3n) is 4.94. The van der Waals surface area contributed by atoms with Crippen LogP contribution in [-0.4, -0.2) is 46.6 Å². The maximum Gasteiger partial charge on any atom is 0.219 e. The summed E-state index contributed by atoms with van der Waals surface area (Å²) >= 11 is 0. The highest BCUT2D eigenvalue weighted by Gasteiger charge is 2.44. The molecule has 2 aromatic rings. The Hall–Kier alpha value is -2.13. The molecule has 1 aliphatic heterocycles. The van der Waals surface area contributed by atoms with Crippen molar-refractivity contribution in [2.24, 2.45) is 0 Å². The van der Waals surface area contributed by atoms with Crippen molar-refractivity contribution in [1.29, 1.82) is 0 Å². The smallest absolute Gasteiger partial charge is 0.219 e. The summed E-state index contributed by atoms with van der Waals surface area (Å²) in [5.74, 6) is 1.19. The summed E-state index contributed by atoms with van der Waals surface area (Å²) in [7, 11) is 1.17. The van der Waals surface area contributed by atoms with E-state index in [1.807, 2.05) is 49.4 Å². The molecular weight excluding hydrogens is 380 g/mol. The highest BCUT2D eigenvalue weighted by Crippen LogP contribution is 2.37. The van der Waals surface area contributed by atoms with Crippen molar-refractivity contribution in [1.82, 2.24) is 9.79 Å². The Morgan fingerprint density at radius 3 is 2.29 bits per heavy atom. The second-order valence-corrected chi connectivity index (χ2v) is 8.70. The maximum absolute atomic E-state index is 13.2. The van der Waals surface area contributed by atoms with Gasteiger partial charge in [-0.3, -0.25) is 4.84 Å². The molecule has 0 aliphatic carbocycles. The molecule has 3 atom stereocenters. The van der Waals surface area contributed by atoms with E-state index in [0.29, 0.717) is 11.5 Å². The van der Waals surface area contributed by atoms with Crippen molar-refractivity contribution in [2.75, 3.05) is 27.9 Å². The van der Waals surface area contributed by atoms with Crippen LogP contribution in [0.4, 0.5) is 0 Å². The summed E-state index contributed by atoms with van der Waals surface area (Å²) in [4.78, 5) is 5.59. The van der Waals surface area contributed by atoms with E-state index in [2.05, 4.69) is 4.72 Å². The Morgan fingerprint density at radius 1 is 1.11 bits per heavy atom. The topological polar surface area (TPSA) is 77.1 Å². The van der Waals surface area contributed by atoms with E-state index in [1.165, 1.54) is 0 Å². The van der Waals surface area contributed by atoms with E-state index in [9.17, 15) is 8.42 Å². The highest BCUT2D eigenvalue weighted by atomic mass is 32.2. The summed E-state index contributed by atoms with van der Waals surface area (Å²) < 4.78 is 39.8. The summed E-state index contributed by atoms with van der Waals surface area (Å²) in [5, 5.41) is 0.797. The van der Waals surface area contributed by atoms with E-state index in [1.54, 1.807) is 32.4 Å². The largest absolute Gasteiger partial charge is 0.497 e. The predicted octanol–water partition coefficient (Wildman–Crippen LogP) is 2.67. The van der Waals surface area contributed by atoms with Gasteiger partial charge in [0, 0.05) is 19.2 Å². The van der Waals surface area contributed by atoms with Gasteiger partial charge in [-0.1, -0.05) is 30.3 Å². The third kappa shape index (κ3) is 4.30. The van der Waals surface area contributed by atoms with Crippen molar-refractivity contribution in [3.8, 4) is 11.5 Å². The fourth-order valence-electron chi connectivity index (χ4n) is 3.42. The molecule has 1 saturated heterocycles. The zero-order valence-corrected chi connectivity index (χ0v) is 17.3. The van der Waals surface area contributed by atoms with Crippen LogP contribution in [0.3, 0.4) is 0 Å². The SMILES string of the molecule is COc1cc(OC)cc([C@@H]2[C@@H](S(=O)(=O)N[C@H](C)c3ccccc3)CON2C)c1. The molecule has 28 heavy (non-hydrogen) atoms. The minimum atomic E-state index is -3.68. The van der Waals surface area contributed by atoms with Gasteiger partial charge in [0.2, 0.25) is 10.0 Å². The van der Waals surface area contributed by atoms with Crippen LogP contribution in [0, 0.1) is 0 Å². The first-order valence-electron chi connectivity index (χ1n) is 9.00. The molecule has 0 saturated carbocycles. The van der Waals surface area contributed by atoms with Gasteiger partial charge < -0.3 is 9.47 Å². The number of nitrogens with one attached hydrogen (secondary N) is 1. The summed E-state index contributed by atoms with van der Waals surface area (Å²) in [6.45, 7) is 1.90. The first-order chi connectivity index (χ1) is 13.4. The van der Waals surface area contributed by atoms with Crippen LogP contribution >= 0.6 is 0 Å². The molecule has 1 fully saturated rings. The normalized spacial score (nSPS) is 21.4. The Bertz CT molecular complexity index is 882. The molecule has 0 spiro atoms. The number of hydroxylamine groups is 2. The molecule has 2 aromatic carbocycles. The van der Waals surface area contributed by atoms with E-state index in [0.717, 1.165) is 11.1 Å². The van der Waals surface area contributed by atoms with Crippen LogP contribution < -0.4 is 14.2 Å². The molecule has 8 heteroatoms. The zero-order chi connectivity index (χ0) is 20.3. The second kappa shape index (κ2) is 8.48. The Kier molecular flexibility index (Phi) is 6.24. The number of hydrogen-bond acceptors (Lipinski definition) is 6. The van der Waals surface area contributed by atoms with Gasteiger partial charge in [0.15, 0.2) is 0 Å². The Balaban J connectivity index is 1.90. The molecule has 0 radical (unpaired) electrons. The zero-order valence-electron chi connectivity index (χ0n) is 16.5. The molecule has 152 valence electrons. The number of rotatable bonds is 7. The van der Waals surface area contributed by atoms with Crippen molar-refractivity contribution in [2.45, 2.75) is 24.3 Å². The van der Waals surface area contributed by atoms with Crippen LogP contribution in [-0.2, 0) is 14.9 Å². The van der Waals surface area contributed by atoms with Gasteiger partial charge >= 0.3 is 0 Å². The fraction of sp³-hybridized carbons (Fsp3) is 0.400. The van der Waals surface area contributed by atoms with Gasteiger partial charge in [-0.2, -0.15) is 5.06 Å². The Morgan fingerprint density at radius 2 is 1.71 bits per heavy atom. The van der Waals surface area contributed by atoms with Gasteiger partial charge in [0.05, 0.1) is 26.9 Å². The van der Waals surface area contributed by atoms with E-state index < -0.39 is 21.3 Å². The highest BCUT2D eigenvalue weighted by molar-refractivity contribution is 7.90. The van der Waals surface area contributed by atoms with E-state index in [-0.39, 0.29) is 12.6 Å². The number of sulfonamides is 1. The van der Waals surface area contributed by atoms with Crippen LogP contribution in [0.5, 0.6) is 11.5 Å². The van der Waals surface area contributed by atoms with E-state index >= 15 is 0 Å². The molecule has 0 unspecified atom stereocenters. The predicted molar refractivity (Wildman–Crippen MR) is 107 cm³/mol. The number of methoxy groups -OCH3 is 2. The van der Waals surface area contributed by atoms with Gasteiger partial charge in [-0.25, -0.2) is 13.1 Å². The maximum atomic E-state index is 13.2. The summed E-state index contributed by atoms with van der Waals surface area (Å²) in [6, 6.07) is 14.0. The molecular formula is C20H26N2O5S.